The lowest BCUT2D eigenvalue weighted by atomic mass is 9.88. The number of rotatable bonds is 6. The molecule has 9 nitrogen and oxygen atoms in total. The third-order valence-corrected chi connectivity index (χ3v) is 5.53. The van der Waals surface area contributed by atoms with E-state index in [1.807, 2.05) is 0 Å². The van der Waals surface area contributed by atoms with Crippen LogP contribution in [0.2, 0.25) is 0 Å². The van der Waals surface area contributed by atoms with Gasteiger partial charge in [-0.05, 0) is 25.5 Å². The number of non-ortho nitro benzene ring substituents is 1. The Labute approximate surface area is 138 Å². The van der Waals surface area contributed by atoms with Gasteiger partial charge < -0.3 is 4.74 Å². The summed E-state index contributed by atoms with van der Waals surface area (Å²) in [5.74, 6) is -2.22. The van der Waals surface area contributed by atoms with Gasteiger partial charge in [-0.1, -0.05) is 6.92 Å². The Balaban J connectivity index is 2.37. The molecule has 2 rings (SSSR count). The molecule has 1 aliphatic rings. The molecule has 0 saturated carbocycles. The molecule has 0 spiro atoms. The fourth-order valence-electron chi connectivity index (χ4n) is 2.52. The van der Waals surface area contributed by atoms with E-state index in [-0.39, 0.29) is 17.2 Å². The standard InChI is InChI=1S/C14H16N2O7S/c1-3-11-12(14(18)23-4-2)15(13(11)17)24(21,22)10-7-5-9(6-8-10)16(19)20/h5-8,11-12H,3-4H2,1-2H3/t11?,12-/m0/s1. The van der Waals surface area contributed by atoms with Crippen LogP contribution in [0.5, 0.6) is 0 Å². The van der Waals surface area contributed by atoms with E-state index >= 15 is 0 Å². The summed E-state index contributed by atoms with van der Waals surface area (Å²) in [5.41, 5.74) is -0.280. The third-order valence-electron chi connectivity index (χ3n) is 3.74. The topological polar surface area (TPSA) is 124 Å². The summed E-state index contributed by atoms with van der Waals surface area (Å²) < 4.78 is 30.6. The van der Waals surface area contributed by atoms with Gasteiger partial charge in [0, 0.05) is 12.1 Å². The summed E-state index contributed by atoms with van der Waals surface area (Å²) >= 11 is 0. The highest BCUT2D eigenvalue weighted by Crippen LogP contribution is 2.36. The predicted molar refractivity (Wildman–Crippen MR) is 81.3 cm³/mol. The molecule has 0 radical (unpaired) electrons. The summed E-state index contributed by atoms with van der Waals surface area (Å²) in [6.07, 6.45) is 0.300. The van der Waals surface area contributed by atoms with Crippen molar-refractivity contribution in [1.29, 1.82) is 0 Å². The largest absolute Gasteiger partial charge is 0.464 e. The molecule has 1 heterocycles. The van der Waals surface area contributed by atoms with Crippen molar-refractivity contribution in [3.63, 3.8) is 0 Å². The highest BCUT2D eigenvalue weighted by Gasteiger charge is 2.57. The zero-order valence-electron chi connectivity index (χ0n) is 13.0. The fraction of sp³-hybridized carbons (Fsp3) is 0.429. The maximum absolute atomic E-state index is 12.6. The third kappa shape index (κ3) is 2.84. The van der Waals surface area contributed by atoms with Crippen LogP contribution in [0, 0.1) is 16.0 Å². The molecule has 1 aromatic carbocycles. The van der Waals surface area contributed by atoms with Gasteiger partial charge in [-0.3, -0.25) is 14.9 Å². The highest BCUT2D eigenvalue weighted by molar-refractivity contribution is 7.89. The Morgan fingerprint density at radius 1 is 1.29 bits per heavy atom. The molecule has 0 aliphatic carbocycles. The zero-order chi connectivity index (χ0) is 18.1. The van der Waals surface area contributed by atoms with Crippen LogP contribution >= 0.6 is 0 Å². The lowest BCUT2D eigenvalue weighted by Crippen LogP contribution is -2.66. The smallest absolute Gasteiger partial charge is 0.330 e. The van der Waals surface area contributed by atoms with Crippen molar-refractivity contribution >= 4 is 27.6 Å². The SMILES string of the molecule is CCOC(=O)[C@@H]1C(CC)C(=O)N1S(=O)(=O)c1ccc([N+](=O)[O-])cc1. The molecule has 0 bridgehead atoms. The first kappa shape index (κ1) is 17.9. The number of nitrogens with zero attached hydrogens (tertiary/aromatic N) is 2. The first-order valence-corrected chi connectivity index (χ1v) is 8.69. The molecule has 2 atom stereocenters. The molecule has 130 valence electrons. The maximum atomic E-state index is 12.6. The van der Waals surface area contributed by atoms with Crippen molar-refractivity contribution in [1.82, 2.24) is 4.31 Å². The number of esters is 1. The van der Waals surface area contributed by atoms with Gasteiger partial charge in [0.05, 0.1) is 22.3 Å². The van der Waals surface area contributed by atoms with Gasteiger partial charge in [-0.2, -0.15) is 0 Å². The lowest BCUT2D eigenvalue weighted by molar-refractivity contribution is -0.384. The fourth-order valence-corrected chi connectivity index (χ4v) is 4.14. The molecule has 1 aliphatic heterocycles. The number of nitro groups is 1. The molecule has 1 unspecified atom stereocenters. The lowest BCUT2D eigenvalue weighted by Gasteiger charge is -2.43. The molecular formula is C14H16N2O7S. The highest BCUT2D eigenvalue weighted by atomic mass is 32.2. The minimum Gasteiger partial charge on any atom is -0.464 e. The van der Waals surface area contributed by atoms with Crippen LogP contribution in [0.25, 0.3) is 0 Å². The second-order valence-corrected chi connectivity index (χ2v) is 6.92. The second-order valence-electron chi connectivity index (χ2n) is 5.10. The number of hydrogen-bond acceptors (Lipinski definition) is 7. The minimum atomic E-state index is -4.29. The van der Waals surface area contributed by atoms with Gasteiger partial charge in [0.2, 0.25) is 5.91 Å². The monoisotopic (exact) mass is 356 g/mol. The number of ether oxygens (including phenoxy) is 1. The molecule has 10 heteroatoms. The maximum Gasteiger partial charge on any atom is 0.330 e. The van der Waals surface area contributed by atoms with Crippen molar-refractivity contribution < 1.29 is 27.7 Å². The number of nitro benzene ring substituents is 1. The Morgan fingerprint density at radius 3 is 2.33 bits per heavy atom. The van der Waals surface area contributed by atoms with Crippen LogP contribution < -0.4 is 0 Å². The first-order chi connectivity index (χ1) is 11.3. The average molecular weight is 356 g/mol. The molecule has 0 aromatic heterocycles. The van der Waals surface area contributed by atoms with Crippen molar-refractivity contribution in [3.8, 4) is 0 Å². The summed E-state index contributed by atoms with van der Waals surface area (Å²) in [4.78, 5) is 33.8. The van der Waals surface area contributed by atoms with E-state index in [4.69, 9.17) is 4.74 Å². The molecule has 0 N–H and O–H groups in total. The Kier molecular flexibility index (Phi) is 4.88. The zero-order valence-corrected chi connectivity index (χ0v) is 13.9. The molecule has 1 fully saturated rings. The predicted octanol–water partition coefficient (Wildman–Crippen LogP) is 1.08. The van der Waals surface area contributed by atoms with E-state index in [1.165, 1.54) is 0 Å². The normalized spacial score (nSPS) is 20.4. The second kappa shape index (κ2) is 6.56. The van der Waals surface area contributed by atoms with Crippen molar-refractivity contribution in [2.75, 3.05) is 6.61 Å². The van der Waals surface area contributed by atoms with Crippen molar-refractivity contribution in [3.05, 3.63) is 34.4 Å². The summed E-state index contributed by atoms with van der Waals surface area (Å²) in [5, 5.41) is 10.6. The van der Waals surface area contributed by atoms with E-state index in [0.717, 1.165) is 24.3 Å². The van der Waals surface area contributed by atoms with Gasteiger partial charge in [0.15, 0.2) is 6.04 Å². The molecular weight excluding hydrogens is 340 g/mol. The van der Waals surface area contributed by atoms with Gasteiger partial charge in [-0.15, -0.1) is 0 Å². The van der Waals surface area contributed by atoms with Crippen molar-refractivity contribution in [2.24, 2.45) is 5.92 Å². The first-order valence-electron chi connectivity index (χ1n) is 7.25. The Hall–Kier alpha value is -2.49. The number of carbonyl (C=O) groups is 2. The van der Waals surface area contributed by atoms with Gasteiger partial charge in [0.1, 0.15) is 0 Å². The molecule has 24 heavy (non-hydrogen) atoms. The van der Waals surface area contributed by atoms with E-state index in [1.54, 1.807) is 13.8 Å². The number of carbonyl (C=O) groups excluding carboxylic acids is 2. The average Bonchev–Trinajstić information content (AvgIpc) is 2.52. The number of sulfonamides is 1. The van der Waals surface area contributed by atoms with Crippen molar-refractivity contribution in [2.45, 2.75) is 31.2 Å². The summed E-state index contributed by atoms with van der Waals surface area (Å²) in [6.45, 7) is 3.31. The number of benzene rings is 1. The molecule has 1 saturated heterocycles. The molecule has 1 aromatic rings. The van der Waals surface area contributed by atoms with Gasteiger partial charge in [0.25, 0.3) is 15.7 Å². The minimum absolute atomic E-state index is 0.0609. The number of β-lactam (4-membered cyclic amide) rings is 1. The summed E-state index contributed by atoms with van der Waals surface area (Å²) in [7, 11) is -4.29. The number of amides is 1. The van der Waals surface area contributed by atoms with E-state index in [0.29, 0.717) is 10.7 Å². The van der Waals surface area contributed by atoms with Crippen LogP contribution in [0.4, 0.5) is 5.69 Å². The number of hydrogen-bond donors (Lipinski definition) is 0. The van der Waals surface area contributed by atoms with Gasteiger partial charge in [-0.25, -0.2) is 17.5 Å². The van der Waals surface area contributed by atoms with E-state index in [9.17, 15) is 28.1 Å². The van der Waals surface area contributed by atoms with Gasteiger partial charge >= 0.3 is 5.97 Å². The quantitative estimate of drug-likeness (QED) is 0.323. The van der Waals surface area contributed by atoms with Crippen LogP contribution in [0.15, 0.2) is 29.2 Å². The van der Waals surface area contributed by atoms with Crippen LogP contribution in [0.3, 0.4) is 0 Å². The van der Waals surface area contributed by atoms with Crippen LogP contribution in [-0.4, -0.2) is 42.2 Å². The Bertz CT molecular complexity index is 773. The van der Waals surface area contributed by atoms with Crippen LogP contribution in [-0.2, 0) is 24.3 Å². The van der Waals surface area contributed by atoms with Crippen LogP contribution in [0.1, 0.15) is 20.3 Å². The summed E-state index contributed by atoms with van der Waals surface area (Å²) in [6, 6.07) is 2.90. The Morgan fingerprint density at radius 2 is 1.88 bits per heavy atom. The van der Waals surface area contributed by atoms with E-state index in [2.05, 4.69) is 0 Å². The molecule has 1 amide bonds. The van der Waals surface area contributed by atoms with E-state index < -0.39 is 38.8 Å².